The first kappa shape index (κ1) is 67.3. The molecule has 0 spiro atoms. The fourth-order valence-corrected chi connectivity index (χ4v) is 8.07. The second-order valence-electron chi connectivity index (χ2n) is 19.5. The Morgan fingerprint density at radius 3 is 0.915 bits per heavy atom. The van der Waals surface area contributed by atoms with E-state index in [-0.39, 0.29) is 31.1 Å². The van der Waals surface area contributed by atoms with E-state index in [0.29, 0.717) is 19.3 Å². The molecular weight excluding hydrogens is 877 g/mol. The molecule has 0 saturated carbocycles. The van der Waals surface area contributed by atoms with Gasteiger partial charge in [0.25, 0.3) is 0 Å². The molecule has 0 saturated heterocycles. The van der Waals surface area contributed by atoms with Crippen LogP contribution in [-0.2, 0) is 28.6 Å². The molecule has 0 amide bonds. The Balaban J connectivity index is 4.36. The van der Waals surface area contributed by atoms with Crippen LogP contribution in [0.5, 0.6) is 0 Å². The largest absolute Gasteiger partial charge is 0.462 e. The fourth-order valence-electron chi connectivity index (χ4n) is 8.07. The molecule has 0 aliphatic rings. The highest BCUT2D eigenvalue weighted by Crippen LogP contribution is 2.15. The monoisotopic (exact) mass is 987 g/mol. The van der Waals surface area contributed by atoms with Crippen molar-refractivity contribution in [1.29, 1.82) is 0 Å². The van der Waals surface area contributed by atoms with Crippen LogP contribution < -0.4 is 0 Å². The molecule has 406 valence electrons. The van der Waals surface area contributed by atoms with Crippen LogP contribution in [0.25, 0.3) is 0 Å². The average Bonchev–Trinajstić information content (AvgIpc) is 3.37. The first-order valence-electron chi connectivity index (χ1n) is 29.7. The summed E-state index contributed by atoms with van der Waals surface area (Å²) in [6.45, 7) is 6.46. The second-order valence-corrected chi connectivity index (χ2v) is 19.5. The van der Waals surface area contributed by atoms with Gasteiger partial charge in [-0.15, -0.1) is 0 Å². The summed E-state index contributed by atoms with van der Waals surface area (Å²) >= 11 is 0. The number of esters is 3. The summed E-state index contributed by atoms with van der Waals surface area (Å²) in [5.41, 5.74) is 0. The van der Waals surface area contributed by atoms with E-state index >= 15 is 0 Å². The summed E-state index contributed by atoms with van der Waals surface area (Å²) in [6, 6.07) is 0. The lowest BCUT2D eigenvalue weighted by Gasteiger charge is -2.18. The van der Waals surface area contributed by atoms with Crippen LogP contribution in [0.1, 0.15) is 278 Å². The lowest BCUT2D eigenvalue weighted by molar-refractivity contribution is -0.167. The number of carbonyl (C=O) groups is 3. The Kier molecular flexibility index (Phi) is 55.9. The minimum absolute atomic E-state index is 0.0904. The number of hydrogen-bond acceptors (Lipinski definition) is 6. The predicted octanol–water partition coefficient (Wildman–Crippen LogP) is 20.1. The SMILES string of the molecule is CC/C=C\C/C=C\C/C=C\C/C=C\CCCCCCCCC(=O)OC(COC(=O)CCCCCCC/C=C\CCCC)COC(=O)CCCCCCCCCC/C=C\C/C=C\C/C=C\CCCCCCC. The number of allylic oxidation sites excluding steroid dienone is 16. The molecule has 0 aliphatic heterocycles. The molecule has 1 unspecified atom stereocenters. The fraction of sp³-hybridized carbons (Fsp3) is 0.708. The van der Waals surface area contributed by atoms with E-state index in [1.165, 1.54) is 116 Å². The van der Waals surface area contributed by atoms with Crippen molar-refractivity contribution in [2.45, 2.75) is 284 Å². The van der Waals surface area contributed by atoms with E-state index in [9.17, 15) is 14.4 Å². The standard InChI is InChI=1S/C65H110O6/c1-4-7-10-13-16-19-22-24-26-28-30-31-32-33-35-36-38-40-43-46-49-52-55-58-64(67)70-61-62(60-69-63(66)57-54-51-48-45-42-21-18-15-12-9-6-3)71-65(68)59-56-53-50-47-44-41-39-37-34-29-27-25-23-20-17-14-11-8-5-2/h8,11,15,17-18,20,22,24-25,27-28,30,32-34,37,62H,4-7,9-10,12-14,16,19,21,23,26,29,31,35-36,38-61H2,1-3H3/b11-8-,18-15-,20-17-,24-22-,27-25-,30-28-,33-32-,37-34-. The topological polar surface area (TPSA) is 78.9 Å². The number of hydrogen-bond donors (Lipinski definition) is 0. The molecule has 1 atom stereocenters. The van der Waals surface area contributed by atoms with E-state index in [2.05, 4.69) is 118 Å². The van der Waals surface area contributed by atoms with E-state index in [4.69, 9.17) is 14.2 Å². The predicted molar refractivity (Wildman–Crippen MR) is 307 cm³/mol. The Hall–Kier alpha value is -3.67. The first-order chi connectivity index (χ1) is 35.0. The Labute approximate surface area is 438 Å². The van der Waals surface area contributed by atoms with Gasteiger partial charge < -0.3 is 14.2 Å². The van der Waals surface area contributed by atoms with Crippen molar-refractivity contribution in [3.8, 4) is 0 Å². The Bertz CT molecular complexity index is 1410. The number of carbonyl (C=O) groups excluding carboxylic acids is 3. The van der Waals surface area contributed by atoms with Gasteiger partial charge in [-0.1, -0.05) is 240 Å². The van der Waals surface area contributed by atoms with Crippen LogP contribution in [0, 0.1) is 0 Å². The Morgan fingerprint density at radius 2 is 0.563 bits per heavy atom. The summed E-state index contributed by atoms with van der Waals surface area (Å²) in [5, 5.41) is 0. The van der Waals surface area contributed by atoms with Crippen molar-refractivity contribution in [3.05, 3.63) is 97.2 Å². The van der Waals surface area contributed by atoms with Crippen LogP contribution in [0.4, 0.5) is 0 Å². The zero-order valence-electron chi connectivity index (χ0n) is 46.5. The van der Waals surface area contributed by atoms with Crippen molar-refractivity contribution >= 4 is 17.9 Å². The molecule has 0 bridgehead atoms. The van der Waals surface area contributed by atoms with E-state index in [1.807, 2.05) is 0 Å². The molecule has 6 heteroatoms. The minimum Gasteiger partial charge on any atom is -0.462 e. The third-order valence-corrected chi connectivity index (χ3v) is 12.5. The van der Waals surface area contributed by atoms with Gasteiger partial charge >= 0.3 is 17.9 Å². The summed E-state index contributed by atoms with van der Waals surface area (Å²) in [4.78, 5) is 38.2. The molecule has 0 radical (unpaired) electrons. The zero-order valence-corrected chi connectivity index (χ0v) is 46.5. The van der Waals surface area contributed by atoms with Gasteiger partial charge in [-0.25, -0.2) is 0 Å². The second kappa shape index (κ2) is 58.9. The molecule has 0 aromatic carbocycles. The zero-order chi connectivity index (χ0) is 51.4. The molecule has 0 aromatic heterocycles. The average molecular weight is 988 g/mol. The van der Waals surface area contributed by atoms with Crippen LogP contribution in [0.2, 0.25) is 0 Å². The Morgan fingerprint density at radius 1 is 0.296 bits per heavy atom. The first-order valence-corrected chi connectivity index (χ1v) is 29.7. The maximum absolute atomic E-state index is 12.9. The molecular formula is C65H110O6. The highest BCUT2D eigenvalue weighted by atomic mass is 16.6. The highest BCUT2D eigenvalue weighted by molar-refractivity contribution is 5.71. The van der Waals surface area contributed by atoms with Gasteiger partial charge in [0.1, 0.15) is 13.2 Å². The smallest absolute Gasteiger partial charge is 0.306 e. The molecule has 0 rings (SSSR count). The van der Waals surface area contributed by atoms with Gasteiger partial charge in [0, 0.05) is 19.3 Å². The molecule has 0 fully saturated rings. The third-order valence-electron chi connectivity index (χ3n) is 12.5. The summed E-state index contributed by atoms with van der Waals surface area (Å²) in [5.74, 6) is -0.918. The van der Waals surface area contributed by atoms with Gasteiger partial charge in [0.15, 0.2) is 6.10 Å². The van der Waals surface area contributed by atoms with Crippen LogP contribution in [0.3, 0.4) is 0 Å². The van der Waals surface area contributed by atoms with Crippen LogP contribution in [0.15, 0.2) is 97.2 Å². The molecule has 0 N–H and O–H groups in total. The molecule has 0 heterocycles. The highest BCUT2D eigenvalue weighted by Gasteiger charge is 2.19. The lowest BCUT2D eigenvalue weighted by atomic mass is 10.1. The van der Waals surface area contributed by atoms with Gasteiger partial charge in [0.05, 0.1) is 0 Å². The third kappa shape index (κ3) is 57.1. The summed E-state index contributed by atoms with van der Waals surface area (Å²) in [7, 11) is 0. The van der Waals surface area contributed by atoms with E-state index < -0.39 is 6.10 Å². The maximum atomic E-state index is 12.9. The van der Waals surface area contributed by atoms with Gasteiger partial charge in [-0.05, 0) is 116 Å². The number of rotatable bonds is 53. The normalized spacial score (nSPS) is 12.8. The van der Waals surface area contributed by atoms with Gasteiger partial charge in [0.2, 0.25) is 0 Å². The van der Waals surface area contributed by atoms with Gasteiger partial charge in [-0.2, -0.15) is 0 Å². The summed E-state index contributed by atoms with van der Waals surface area (Å²) < 4.78 is 16.8. The summed E-state index contributed by atoms with van der Waals surface area (Å²) in [6.07, 6.45) is 78.3. The molecule has 6 nitrogen and oxygen atoms in total. The van der Waals surface area contributed by atoms with E-state index in [1.54, 1.807) is 0 Å². The quantitative estimate of drug-likeness (QED) is 0.0261. The lowest BCUT2D eigenvalue weighted by Crippen LogP contribution is -2.30. The van der Waals surface area contributed by atoms with Crippen molar-refractivity contribution in [1.82, 2.24) is 0 Å². The van der Waals surface area contributed by atoms with Crippen molar-refractivity contribution in [2.75, 3.05) is 13.2 Å². The van der Waals surface area contributed by atoms with Crippen molar-refractivity contribution in [3.63, 3.8) is 0 Å². The van der Waals surface area contributed by atoms with E-state index in [0.717, 1.165) is 122 Å². The van der Waals surface area contributed by atoms with Crippen molar-refractivity contribution < 1.29 is 28.6 Å². The minimum atomic E-state index is -0.793. The van der Waals surface area contributed by atoms with Crippen molar-refractivity contribution in [2.24, 2.45) is 0 Å². The van der Waals surface area contributed by atoms with Crippen LogP contribution >= 0.6 is 0 Å². The van der Waals surface area contributed by atoms with Crippen LogP contribution in [-0.4, -0.2) is 37.2 Å². The molecule has 0 aromatic rings. The number of ether oxygens (including phenoxy) is 3. The maximum Gasteiger partial charge on any atom is 0.306 e. The number of unbranched alkanes of at least 4 members (excludes halogenated alkanes) is 26. The molecule has 0 aliphatic carbocycles. The molecule has 71 heavy (non-hydrogen) atoms. The van der Waals surface area contributed by atoms with Gasteiger partial charge in [-0.3, -0.25) is 14.4 Å².